The molecule has 0 aliphatic heterocycles. The average Bonchev–Trinajstić information content (AvgIpc) is 2.72. The van der Waals surface area contributed by atoms with Crippen LogP contribution in [0.15, 0.2) is 53.4 Å². The van der Waals surface area contributed by atoms with Gasteiger partial charge in [0.2, 0.25) is 10.0 Å². The van der Waals surface area contributed by atoms with Crippen molar-refractivity contribution in [2.24, 2.45) is 0 Å². The number of nitriles is 1. The average molecular weight is 400 g/mol. The van der Waals surface area contributed by atoms with Crippen molar-refractivity contribution in [1.82, 2.24) is 15.2 Å². The second-order valence-electron chi connectivity index (χ2n) is 5.71. The van der Waals surface area contributed by atoms with Crippen LogP contribution >= 0.6 is 0 Å². The molecule has 0 aliphatic rings. The maximum atomic E-state index is 12.6. The summed E-state index contributed by atoms with van der Waals surface area (Å²) in [4.78, 5) is 24.4. The van der Waals surface area contributed by atoms with Crippen molar-refractivity contribution in [3.8, 4) is 6.07 Å². The van der Waals surface area contributed by atoms with Crippen LogP contribution in [0.3, 0.4) is 0 Å². The molecule has 2 rings (SSSR count). The van der Waals surface area contributed by atoms with Crippen molar-refractivity contribution in [3.63, 3.8) is 0 Å². The van der Waals surface area contributed by atoms with Crippen LogP contribution in [-0.2, 0) is 10.0 Å². The summed E-state index contributed by atoms with van der Waals surface area (Å²) in [6.07, 6.45) is 0. The zero-order chi connectivity index (χ0) is 20.7. The molecule has 0 saturated heterocycles. The van der Waals surface area contributed by atoms with E-state index in [2.05, 4.69) is 10.9 Å². The van der Waals surface area contributed by atoms with Crippen LogP contribution in [0.4, 0.5) is 0 Å². The second kappa shape index (κ2) is 9.12. The highest BCUT2D eigenvalue weighted by molar-refractivity contribution is 7.89. The Morgan fingerprint density at radius 3 is 2.07 bits per heavy atom. The SMILES string of the molecule is CCN(CC)S(=O)(=O)c1cccc(C(=O)NNC(=O)c2ccc(C#N)cc2)c1. The summed E-state index contributed by atoms with van der Waals surface area (Å²) in [5.74, 6) is -1.22. The molecule has 0 atom stereocenters. The van der Waals surface area contributed by atoms with E-state index in [9.17, 15) is 18.0 Å². The standard InChI is InChI=1S/C19H20N4O4S/c1-3-23(4-2)28(26,27)17-7-5-6-16(12-17)19(25)22-21-18(24)15-10-8-14(13-20)9-11-15/h5-12H,3-4H2,1-2H3,(H,21,24)(H,22,25). The molecule has 8 nitrogen and oxygen atoms in total. The van der Waals surface area contributed by atoms with Gasteiger partial charge in [0.15, 0.2) is 0 Å². The molecular weight excluding hydrogens is 380 g/mol. The number of carbonyl (C=O) groups is 2. The van der Waals surface area contributed by atoms with Gasteiger partial charge in [0.05, 0.1) is 16.5 Å². The molecule has 2 amide bonds. The number of nitrogens with one attached hydrogen (secondary N) is 2. The number of rotatable bonds is 6. The molecule has 2 aromatic carbocycles. The summed E-state index contributed by atoms with van der Waals surface area (Å²) in [6.45, 7) is 4.10. The molecule has 0 heterocycles. The Morgan fingerprint density at radius 2 is 1.54 bits per heavy atom. The summed E-state index contributed by atoms with van der Waals surface area (Å²) >= 11 is 0. The predicted molar refractivity (Wildman–Crippen MR) is 103 cm³/mol. The molecule has 146 valence electrons. The maximum Gasteiger partial charge on any atom is 0.269 e. The van der Waals surface area contributed by atoms with Gasteiger partial charge < -0.3 is 0 Å². The number of benzene rings is 2. The molecule has 0 unspecified atom stereocenters. The van der Waals surface area contributed by atoms with Crippen molar-refractivity contribution >= 4 is 21.8 Å². The van der Waals surface area contributed by atoms with Gasteiger partial charge in [0, 0.05) is 24.2 Å². The number of carbonyl (C=O) groups excluding carboxylic acids is 2. The molecule has 0 spiro atoms. The lowest BCUT2D eigenvalue weighted by atomic mass is 10.1. The maximum absolute atomic E-state index is 12.6. The molecule has 0 aliphatic carbocycles. The Hall–Kier alpha value is -3.22. The van der Waals surface area contributed by atoms with Gasteiger partial charge >= 0.3 is 0 Å². The van der Waals surface area contributed by atoms with E-state index in [1.807, 2.05) is 6.07 Å². The summed E-state index contributed by atoms with van der Waals surface area (Å²) in [5, 5.41) is 8.76. The summed E-state index contributed by atoms with van der Waals surface area (Å²) in [5.41, 5.74) is 5.27. The van der Waals surface area contributed by atoms with Gasteiger partial charge in [0.1, 0.15) is 0 Å². The quantitative estimate of drug-likeness (QED) is 0.715. The molecule has 0 saturated carbocycles. The first-order valence-electron chi connectivity index (χ1n) is 8.54. The Bertz CT molecular complexity index is 1010. The number of sulfonamides is 1. The fourth-order valence-corrected chi connectivity index (χ4v) is 3.97. The van der Waals surface area contributed by atoms with Crippen molar-refractivity contribution < 1.29 is 18.0 Å². The van der Waals surface area contributed by atoms with E-state index in [0.29, 0.717) is 18.7 Å². The minimum absolute atomic E-state index is 0.00210. The van der Waals surface area contributed by atoms with Crippen LogP contribution in [0.25, 0.3) is 0 Å². The number of hydrogen-bond acceptors (Lipinski definition) is 5. The second-order valence-corrected chi connectivity index (χ2v) is 7.65. The van der Waals surface area contributed by atoms with E-state index in [-0.39, 0.29) is 16.0 Å². The first-order chi connectivity index (χ1) is 13.3. The third-order valence-corrected chi connectivity index (χ3v) is 6.05. The third kappa shape index (κ3) is 4.73. The molecule has 0 radical (unpaired) electrons. The van der Waals surface area contributed by atoms with E-state index < -0.39 is 21.8 Å². The predicted octanol–water partition coefficient (Wildman–Crippen LogP) is 1.66. The van der Waals surface area contributed by atoms with Crippen LogP contribution in [0.2, 0.25) is 0 Å². The number of hydrazine groups is 1. The Morgan fingerprint density at radius 1 is 0.964 bits per heavy atom. The Labute approximate surface area is 163 Å². The van der Waals surface area contributed by atoms with Gasteiger partial charge in [0.25, 0.3) is 11.8 Å². The highest BCUT2D eigenvalue weighted by atomic mass is 32.2. The topological polar surface area (TPSA) is 119 Å². The highest BCUT2D eigenvalue weighted by Gasteiger charge is 2.22. The minimum Gasteiger partial charge on any atom is -0.267 e. The van der Waals surface area contributed by atoms with E-state index in [1.54, 1.807) is 13.8 Å². The summed E-state index contributed by atoms with van der Waals surface area (Å²) in [7, 11) is -3.70. The van der Waals surface area contributed by atoms with E-state index >= 15 is 0 Å². The first kappa shape index (κ1) is 21.1. The summed E-state index contributed by atoms with van der Waals surface area (Å²) in [6, 6.07) is 13.4. The fraction of sp³-hybridized carbons (Fsp3) is 0.211. The first-order valence-corrected chi connectivity index (χ1v) is 9.98. The molecular formula is C19H20N4O4S. The van der Waals surface area contributed by atoms with Gasteiger partial charge in [-0.2, -0.15) is 9.57 Å². The van der Waals surface area contributed by atoms with E-state index in [4.69, 9.17) is 5.26 Å². The normalized spacial score (nSPS) is 10.9. The molecule has 0 aromatic heterocycles. The number of amides is 2. The molecule has 2 aromatic rings. The smallest absolute Gasteiger partial charge is 0.267 e. The lowest BCUT2D eigenvalue weighted by Crippen LogP contribution is -2.41. The largest absolute Gasteiger partial charge is 0.269 e. The zero-order valence-corrected chi connectivity index (χ0v) is 16.3. The van der Waals surface area contributed by atoms with Gasteiger partial charge in [-0.15, -0.1) is 0 Å². The van der Waals surface area contributed by atoms with Gasteiger partial charge in [-0.25, -0.2) is 8.42 Å². The lowest BCUT2D eigenvalue weighted by molar-refractivity contribution is 0.0846. The van der Waals surface area contributed by atoms with Crippen LogP contribution < -0.4 is 10.9 Å². The molecule has 2 N–H and O–H groups in total. The van der Waals surface area contributed by atoms with E-state index in [1.165, 1.54) is 52.8 Å². The monoisotopic (exact) mass is 400 g/mol. The van der Waals surface area contributed by atoms with Crippen LogP contribution in [-0.4, -0.2) is 37.6 Å². The Kier molecular flexibility index (Phi) is 6.87. The Balaban J connectivity index is 2.10. The molecule has 28 heavy (non-hydrogen) atoms. The van der Waals surface area contributed by atoms with Crippen molar-refractivity contribution in [1.29, 1.82) is 5.26 Å². The van der Waals surface area contributed by atoms with Gasteiger partial charge in [-0.1, -0.05) is 19.9 Å². The highest BCUT2D eigenvalue weighted by Crippen LogP contribution is 2.17. The molecule has 9 heteroatoms. The lowest BCUT2D eigenvalue weighted by Gasteiger charge is -2.18. The number of nitrogens with zero attached hydrogens (tertiary/aromatic N) is 2. The third-order valence-electron chi connectivity index (χ3n) is 4.01. The fourth-order valence-electron chi connectivity index (χ4n) is 2.46. The van der Waals surface area contributed by atoms with Crippen LogP contribution in [0.1, 0.15) is 40.1 Å². The van der Waals surface area contributed by atoms with Gasteiger partial charge in [-0.3, -0.25) is 20.4 Å². The van der Waals surface area contributed by atoms with Crippen molar-refractivity contribution in [2.45, 2.75) is 18.7 Å². The zero-order valence-electron chi connectivity index (χ0n) is 15.5. The van der Waals surface area contributed by atoms with Crippen molar-refractivity contribution in [2.75, 3.05) is 13.1 Å². The van der Waals surface area contributed by atoms with E-state index in [0.717, 1.165) is 0 Å². The minimum atomic E-state index is -3.70. The molecule has 0 bridgehead atoms. The van der Waals surface area contributed by atoms with Crippen LogP contribution in [0, 0.1) is 11.3 Å². The van der Waals surface area contributed by atoms with Crippen LogP contribution in [0.5, 0.6) is 0 Å². The molecule has 0 fully saturated rings. The van der Waals surface area contributed by atoms with Crippen molar-refractivity contribution in [3.05, 3.63) is 65.2 Å². The number of hydrogen-bond donors (Lipinski definition) is 2. The summed E-state index contributed by atoms with van der Waals surface area (Å²) < 4.78 is 26.4. The van der Waals surface area contributed by atoms with Gasteiger partial charge in [-0.05, 0) is 42.5 Å².